The molecule has 2 N–H and O–H groups in total. The van der Waals surface area contributed by atoms with E-state index in [1.54, 1.807) is 0 Å². The molecule has 1 atom stereocenters. The van der Waals surface area contributed by atoms with E-state index in [-0.39, 0.29) is 0 Å². The minimum absolute atomic E-state index is 0.684. The van der Waals surface area contributed by atoms with Crippen LogP contribution in [0.15, 0.2) is 18.2 Å². The fourth-order valence-corrected chi connectivity index (χ4v) is 2.87. The van der Waals surface area contributed by atoms with Gasteiger partial charge in [-0.2, -0.15) is 0 Å². The highest BCUT2D eigenvalue weighted by Crippen LogP contribution is 2.20. The number of benzene rings is 1. The monoisotopic (exact) mass is 279 g/mol. The standard InChI is InChI=1S/C14H21N3OS/c1-3-5-14-16-12-10-11(15)6-7-13(12)17(14)8-9-19(18)4-2/h6-7,10H,3-5,8-9,15H2,1-2H3. The first-order valence-electron chi connectivity index (χ1n) is 6.75. The summed E-state index contributed by atoms with van der Waals surface area (Å²) in [4.78, 5) is 4.65. The number of hydrogen-bond acceptors (Lipinski definition) is 3. The Morgan fingerprint density at radius 1 is 1.37 bits per heavy atom. The molecule has 0 spiro atoms. The Morgan fingerprint density at radius 3 is 2.84 bits per heavy atom. The van der Waals surface area contributed by atoms with Crippen molar-refractivity contribution < 1.29 is 4.21 Å². The molecule has 0 aliphatic carbocycles. The van der Waals surface area contributed by atoms with E-state index in [1.807, 2.05) is 25.1 Å². The van der Waals surface area contributed by atoms with Crippen LogP contribution in [0.3, 0.4) is 0 Å². The molecule has 0 saturated carbocycles. The highest BCUT2D eigenvalue weighted by atomic mass is 32.2. The van der Waals surface area contributed by atoms with Crippen molar-refractivity contribution in [1.29, 1.82) is 0 Å². The molecule has 0 amide bonds. The van der Waals surface area contributed by atoms with Crippen LogP contribution in [0.25, 0.3) is 11.0 Å². The van der Waals surface area contributed by atoms with Crippen LogP contribution in [0.5, 0.6) is 0 Å². The van der Waals surface area contributed by atoms with Crippen molar-refractivity contribution in [2.24, 2.45) is 0 Å². The van der Waals surface area contributed by atoms with E-state index in [4.69, 9.17) is 5.73 Å². The zero-order valence-electron chi connectivity index (χ0n) is 11.6. The third-order valence-electron chi connectivity index (χ3n) is 3.19. The number of hydrogen-bond donors (Lipinski definition) is 1. The van der Waals surface area contributed by atoms with Gasteiger partial charge in [0.2, 0.25) is 0 Å². The van der Waals surface area contributed by atoms with Crippen molar-refractivity contribution >= 4 is 27.5 Å². The van der Waals surface area contributed by atoms with Crippen LogP contribution >= 0.6 is 0 Å². The second-order valence-corrected chi connectivity index (χ2v) is 6.48. The molecular weight excluding hydrogens is 258 g/mol. The lowest BCUT2D eigenvalue weighted by Crippen LogP contribution is -2.11. The lowest BCUT2D eigenvalue weighted by molar-refractivity contribution is 0.666. The van der Waals surface area contributed by atoms with Gasteiger partial charge in [-0.05, 0) is 24.6 Å². The molecule has 1 aromatic heterocycles. The summed E-state index contributed by atoms with van der Waals surface area (Å²) in [6.45, 7) is 4.86. The highest BCUT2D eigenvalue weighted by Gasteiger charge is 2.11. The first kappa shape index (κ1) is 14.1. The largest absolute Gasteiger partial charge is 0.399 e. The Labute approximate surface area is 116 Å². The van der Waals surface area contributed by atoms with E-state index in [2.05, 4.69) is 16.5 Å². The maximum atomic E-state index is 11.6. The third-order valence-corrected chi connectivity index (χ3v) is 4.47. The van der Waals surface area contributed by atoms with Gasteiger partial charge in [0.15, 0.2) is 0 Å². The lowest BCUT2D eigenvalue weighted by atomic mass is 10.3. The molecule has 0 aliphatic heterocycles. The Hall–Kier alpha value is -1.36. The Kier molecular flexibility index (Phi) is 4.58. The second-order valence-electron chi connectivity index (χ2n) is 4.61. The van der Waals surface area contributed by atoms with Gasteiger partial charge < -0.3 is 10.3 Å². The molecule has 2 rings (SSSR count). The average Bonchev–Trinajstić information content (AvgIpc) is 2.73. The number of aryl methyl sites for hydroxylation is 2. The van der Waals surface area contributed by atoms with Crippen LogP contribution in [0.2, 0.25) is 0 Å². The highest BCUT2D eigenvalue weighted by molar-refractivity contribution is 7.84. The molecule has 0 fully saturated rings. The third kappa shape index (κ3) is 3.15. The molecule has 2 aromatic rings. The van der Waals surface area contributed by atoms with Gasteiger partial charge in [-0.25, -0.2) is 4.98 Å². The van der Waals surface area contributed by atoms with Gasteiger partial charge >= 0.3 is 0 Å². The van der Waals surface area contributed by atoms with E-state index >= 15 is 0 Å². The smallest absolute Gasteiger partial charge is 0.109 e. The zero-order valence-corrected chi connectivity index (χ0v) is 12.4. The zero-order chi connectivity index (χ0) is 13.8. The van der Waals surface area contributed by atoms with Gasteiger partial charge in [0.25, 0.3) is 0 Å². The summed E-state index contributed by atoms with van der Waals surface area (Å²) in [5.41, 5.74) is 8.56. The summed E-state index contributed by atoms with van der Waals surface area (Å²) in [5, 5.41) is 0. The molecule has 0 bridgehead atoms. The molecule has 19 heavy (non-hydrogen) atoms. The fraction of sp³-hybridized carbons (Fsp3) is 0.500. The van der Waals surface area contributed by atoms with E-state index in [0.717, 1.165) is 41.9 Å². The molecule has 5 heteroatoms. The van der Waals surface area contributed by atoms with Crippen LogP contribution in [0, 0.1) is 0 Å². The predicted molar refractivity (Wildman–Crippen MR) is 81.7 cm³/mol. The summed E-state index contributed by atoms with van der Waals surface area (Å²) in [5.74, 6) is 2.46. The van der Waals surface area contributed by atoms with Crippen molar-refractivity contribution in [2.75, 3.05) is 17.2 Å². The van der Waals surface area contributed by atoms with Crippen molar-refractivity contribution in [1.82, 2.24) is 9.55 Å². The number of aromatic nitrogens is 2. The molecule has 0 radical (unpaired) electrons. The molecule has 0 aliphatic rings. The van der Waals surface area contributed by atoms with Crippen molar-refractivity contribution in [3.05, 3.63) is 24.0 Å². The lowest BCUT2D eigenvalue weighted by Gasteiger charge is -2.08. The number of imidazole rings is 1. The topological polar surface area (TPSA) is 60.9 Å². The maximum Gasteiger partial charge on any atom is 0.109 e. The normalized spacial score (nSPS) is 12.9. The molecule has 4 nitrogen and oxygen atoms in total. The summed E-state index contributed by atoms with van der Waals surface area (Å²) in [7, 11) is -0.744. The fourth-order valence-electron chi connectivity index (χ4n) is 2.20. The van der Waals surface area contributed by atoms with Crippen LogP contribution in [0.1, 0.15) is 26.1 Å². The molecule has 0 saturated heterocycles. The number of fused-ring (bicyclic) bond motifs is 1. The van der Waals surface area contributed by atoms with E-state index in [0.29, 0.717) is 11.5 Å². The molecule has 1 unspecified atom stereocenters. The van der Waals surface area contributed by atoms with Crippen molar-refractivity contribution in [3.63, 3.8) is 0 Å². The Morgan fingerprint density at radius 2 is 2.16 bits per heavy atom. The SMILES string of the molecule is CCCc1nc2cc(N)ccc2n1CCS(=O)CC. The Balaban J connectivity index is 2.37. The predicted octanol–water partition coefficient (Wildman–Crippen LogP) is 2.34. The van der Waals surface area contributed by atoms with Gasteiger partial charge in [-0.3, -0.25) is 4.21 Å². The van der Waals surface area contributed by atoms with Crippen LogP contribution in [-0.4, -0.2) is 25.3 Å². The first-order chi connectivity index (χ1) is 9.15. The number of nitrogens with zero attached hydrogens (tertiary/aromatic N) is 2. The van der Waals surface area contributed by atoms with Crippen LogP contribution in [-0.2, 0) is 23.8 Å². The quantitative estimate of drug-likeness (QED) is 0.826. The summed E-state index contributed by atoms with van der Waals surface area (Å²) < 4.78 is 13.8. The number of anilines is 1. The minimum atomic E-state index is -0.744. The summed E-state index contributed by atoms with van der Waals surface area (Å²) >= 11 is 0. The van der Waals surface area contributed by atoms with Crippen LogP contribution < -0.4 is 5.73 Å². The van der Waals surface area contributed by atoms with Gasteiger partial charge in [-0.1, -0.05) is 13.8 Å². The number of nitrogen functional groups attached to an aromatic ring is 1. The molecule has 1 aromatic carbocycles. The summed E-state index contributed by atoms with van der Waals surface area (Å²) in [6.07, 6.45) is 1.99. The van der Waals surface area contributed by atoms with E-state index < -0.39 is 10.8 Å². The van der Waals surface area contributed by atoms with Crippen molar-refractivity contribution in [2.45, 2.75) is 33.2 Å². The molecular formula is C14H21N3OS. The Bertz CT molecular complexity index is 592. The van der Waals surface area contributed by atoms with E-state index in [9.17, 15) is 4.21 Å². The maximum absolute atomic E-state index is 11.6. The summed E-state index contributed by atoms with van der Waals surface area (Å²) in [6, 6.07) is 5.81. The average molecular weight is 279 g/mol. The van der Waals surface area contributed by atoms with E-state index in [1.165, 1.54) is 0 Å². The number of nitrogens with two attached hydrogens (primary N) is 1. The molecule has 104 valence electrons. The van der Waals surface area contributed by atoms with Crippen LogP contribution in [0.4, 0.5) is 5.69 Å². The van der Waals surface area contributed by atoms with Crippen molar-refractivity contribution in [3.8, 4) is 0 Å². The minimum Gasteiger partial charge on any atom is -0.399 e. The number of rotatable bonds is 6. The molecule has 1 heterocycles. The van der Waals surface area contributed by atoms with Gasteiger partial charge in [-0.15, -0.1) is 0 Å². The second kappa shape index (κ2) is 6.19. The van der Waals surface area contributed by atoms with Gasteiger partial charge in [0.05, 0.1) is 11.0 Å². The first-order valence-corrected chi connectivity index (χ1v) is 8.24. The van der Waals surface area contributed by atoms with Gasteiger partial charge in [0.1, 0.15) is 5.82 Å². The van der Waals surface area contributed by atoms with Gasteiger partial charge in [0, 0.05) is 41.0 Å².